The van der Waals surface area contributed by atoms with E-state index in [0.29, 0.717) is 37.9 Å². The first-order valence-corrected chi connectivity index (χ1v) is 9.70. The highest BCUT2D eigenvalue weighted by molar-refractivity contribution is 9.09. The van der Waals surface area contributed by atoms with Crippen LogP contribution in [0.25, 0.3) is 0 Å². The zero-order chi connectivity index (χ0) is 21.5. The van der Waals surface area contributed by atoms with Gasteiger partial charge in [-0.3, -0.25) is 9.59 Å². The number of nitrogens with two attached hydrogens (primary N) is 1. The molecule has 0 fully saturated rings. The van der Waals surface area contributed by atoms with Gasteiger partial charge in [-0.15, -0.1) is 0 Å². The van der Waals surface area contributed by atoms with Crippen LogP contribution in [0.3, 0.4) is 0 Å². The van der Waals surface area contributed by atoms with Gasteiger partial charge in [-0.2, -0.15) is 0 Å². The van der Waals surface area contributed by atoms with E-state index in [4.69, 9.17) is 29.4 Å². The van der Waals surface area contributed by atoms with E-state index in [1.54, 1.807) is 42.3 Å². The number of alkyl halides is 1. The molecular formula is C17H36BrNO8. The molecule has 10 heteroatoms. The molecule has 0 amide bonds. The van der Waals surface area contributed by atoms with E-state index in [1.807, 2.05) is 0 Å². The van der Waals surface area contributed by atoms with Gasteiger partial charge in [-0.05, 0) is 26.7 Å². The van der Waals surface area contributed by atoms with Crippen LogP contribution in [0.1, 0.15) is 33.1 Å². The Labute approximate surface area is 171 Å². The molecule has 0 bridgehead atoms. The van der Waals surface area contributed by atoms with Gasteiger partial charge >= 0.3 is 11.9 Å². The summed E-state index contributed by atoms with van der Waals surface area (Å²) in [6, 6.07) is 0. The highest BCUT2D eigenvalue weighted by Crippen LogP contribution is 2.05. The Morgan fingerprint density at radius 1 is 0.852 bits per heavy atom. The molecule has 0 atom stereocenters. The lowest BCUT2D eigenvalue weighted by Crippen LogP contribution is -2.23. The second-order valence-electron chi connectivity index (χ2n) is 4.67. The third-order valence-electron chi connectivity index (χ3n) is 2.78. The van der Waals surface area contributed by atoms with Gasteiger partial charge in [-0.1, -0.05) is 15.9 Å². The van der Waals surface area contributed by atoms with Crippen LogP contribution in [-0.2, 0) is 38.0 Å². The van der Waals surface area contributed by atoms with Gasteiger partial charge < -0.3 is 34.2 Å². The molecule has 0 rings (SSSR count). The summed E-state index contributed by atoms with van der Waals surface area (Å²) in [6.45, 7) is 4.89. The van der Waals surface area contributed by atoms with E-state index in [0.717, 1.165) is 6.42 Å². The molecule has 0 spiro atoms. The minimum absolute atomic E-state index is 0.159. The number of carbonyl (C=O) groups is 2. The fraction of sp³-hybridized carbons (Fsp3) is 0.882. The summed E-state index contributed by atoms with van der Waals surface area (Å²) in [7, 11) is 6.28. The number of hydrogen-bond acceptors (Lipinski definition) is 9. The molecule has 0 unspecified atom stereocenters. The Bertz CT molecular complexity index is 321. The van der Waals surface area contributed by atoms with Crippen molar-refractivity contribution < 1.29 is 38.0 Å². The molecule has 0 aliphatic heterocycles. The molecule has 0 aromatic heterocycles. The molecule has 0 radical (unpaired) electrons. The Morgan fingerprint density at radius 3 is 1.56 bits per heavy atom. The van der Waals surface area contributed by atoms with Crippen LogP contribution in [0.5, 0.6) is 0 Å². The predicted octanol–water partition coefficient (Wildman–Crippen LogP) is 1.85. The quantitative estimate of drug-likeness (QED) is 0.264. The van der Waals surface area contributed by atoms with Crippen LogP contribution in [0, 0.1) is 0 Å². The first-order chi connectivity index (χ1) is 12.9. The zero-order valence-electron chi connectivity index (χ0n) is 17.3. The highest BCUT2D eigenvalue weighted by atomic mass is 79.9. The average molecular weight is 462 g/mol. The Hall–Kier alpha value is -0.780. The lowest BCUT2D eigenvalue weighted by atomic mass is 10.2. The van der Waals surface area contributed by atoms with Gasteiger partial charge in [0.25, 0.3) is 0 Å². The van der Waals surface area contributed by atoms with Crippen molar-refractivity contribution in [3.63, 3.8) is 0 Å². The van der Waals surface area contributed by atoms with Gasteiger partial charge in [0, 0.05) is 41.4 Å². The molecular weight excluding hydrogens is 426 g/mol. The average Bonchev–Trinajstić information content (AvgIpc) is 2.68. The van der Waals surface area contributed by atoms with E-state index in [1.165, 1.54) is 0 Å². The molecule has 9 nitrogen and oxygen atoms in total. The first kappa shape index (κ1) is 30.9. The monoisotopic (exact) mass is 461 g/mol. The third kappa shape index (κ3) is 25.2. The summed E-state index contributed by atoms with van der Waals surface area (Å²) in [5.74, 6) is -0.365. The summed E-state index contributed by atoms with van der Waals surface area (Å²) in [6.07, 6.45) is 1.42. The van der Waals surface area contributed by atoms with E-state index in [2.05, 4.69) is 20.7 Å². The number of ether oxygens (including phenoxy) is 6. The van der Waals surface area contributed by atoms with E-state index < -0.39 is 0 Å². The number of methoxy groups -OCH3 is 4. The van der Waals surface area contributed by atoms with E-state index in [-0.39, 0.29) is 24.5 Å². The van der Waals surface area contributed by atoms with Crippen molar-refractivity contribution in [3.05, 3.63) is 0 Å². The Morgan fingerprint density at radius 2 is 1.30 bits per heavy atom. The van der Waals surface area contributed by atoms with Crippen molar-refractivity contribution >= 4 is 27.9 Å². The molecule has 0 aromatic carbocycles. The third-order valence-corrected chi connectivity index (χ3v) is 3.24. The van der Waals surface area contributed by atoms with Crippen LogP contribution < -0.4 is 5.73 Å². The smallest absolute Gasteiger partial charge is 0.316 e. The Kier molecular flexibility index (Phi) is 28.9. The molecule has 0 aliphatic rings. The molecule has 0 heterocycles. The minimum atomic E-state index is -0.236. The lowest BCUT2D eigenvalue weighted by molar-refractivity contribution is -0.144. The maximum atomic E-state index is 10.9. The molecule has 0 aliphatic carbocycles. The fourth-order valence-corrected chi connectivity index (χ4v) is 1.63. The standard InChI is InChI=1S/C9H18O4.C4H7BrO2.C4H11NO2/c1-4-13-8(10)6-5-7-9(11-2)12-3;1-2-7-4(6)3-5;1-6-4(3-5)7-2/h9H,4-7H2,1-3H3;2-3H2,1H3;4H,3,5H2,1-2H3. The minimum Gasteiger partial charge on any atom is -0.466 e. The Balaban J connectivity index is -0.000000350. The predicted molar refractivity (Wildman–Crippen MR) is 106 cm³/mol. The topological polar surface area (TPSA) is 116 Å². The fourth-order valence-electron chi connectivity index (χ4n) is 1.47. The number of halogens is 1. The second kappa shape index (κ2) is 25.2. The van der Waals surface area contributed by atoms with Crippen molar-refractivity contribution in [3.8, 4) is 0 Å². The maximum Gasteiger partial charge on any atom is 0.316 e. The number of hydrogen-bond donors (Lipinski definition) is 1. The maximum absolute atomic E-state index is 10.9. The normalized spacial score (nSPS) is 9.85. The summed E-state index contributed by atoms with van der Waals surface area (Å²) in [4.78, 5) is 21.0. The van der Waals surface area contributed by atoms with Crippen LogP contribution in [0.15, 0.2) is 0 Å². The molecule has 27 heavy (non-hydrogen) atoms. The number of rotatable bonds is 12. The first-order valence-electron chi connectivity index (χ1n) is 8.58. The van der Waals surface area contributed by atoms with Gasteiger partial charge in [0.15, 0.2) is 12.6 Å². The van der Waals surface area contributed by atoms with Gasteiger partial charge in [0.05, 0.1) is 13.2 Å². The number of esters is 2. The molecule has 0 saturated heterocycles. The zero-order valence-corrected chi connectivity index (χ0v) is 18.9. The lowest BCUT2D eigenvalue weighted by Gasteiger charge is -2.12. The van der Waals surface area contributed by atoms with Crippen molar-refractivity contribution in [2.45, 2.75) is 45.7 Å². The van der Waals surface area contributed by atoms with Crippen molar-refractivity contribution in [2.24, 2.45) is 5.73 Å². The van der Waals surface area contributed by atoms with Crippen molar-refractivity contribution in [1.82, 2.24) is 0 Å². The van der Waals surface area contributed by atoms with Crippen LogP contribution in [0.2, 0.25) is 0 Å². The summed E-state index contributed by atoms with van der Waals surface area (Å²) in [5.41, 5.74) is 5.14. The summed E-state index contributed by atoms with van der Waals surface area (Å²) < 4.78 is 28.6. The largest absolute Gasteiger partial charge is 0.466 e. The highest BCUT2D eigenvalue weighted by Gasteiger charge is 2.07. The van der Waals surface area contributed by atoms with Gasteiger partial charge in [-0.25, -0.2) is 0 Å². The summed E-state index contributed by atoms with van der Waals surface area (Å²) in [5, 5.41) is 0.292. The second-order valence-corrected chi connectivity index (χ2v) is 5.23. The van der Waals surface area contributed by atoms with Crippen LogP contribution in [-0.4, -0.2) is 78.0 Å². The van der Waals surface area contributed by atoms with E-state index >= 15 is 0 Å². The van der Waals surface area contributed by atoms with Crippen molar-refractivity contribution in [1.29, 1.82) is 0 Å². The van der Waals surface area contributed by atoms with Crippen LogP contribution in [0.4, 0.5) is 0 Å². The van der Waals surface area contributed by atoms with Crippen molar-refractivity contribution in [2.75, 3.05) is 53.5 Å². The molecule has 0 aromatic rings. The van der Waals surface area contributed by atoms with E-state index in [9.17, 15) is 9.59 Å². The van der Waals surface area contributed by atoms with Gasteiger partial charge in [0.2, 0.25) is 0 Å². The SMILES string of the molecule is CCOC(=O)CBr.CCOC(=O)CCCC(OC)OC.COC(CN)OC. The molecule has 164 valence electrons. The molecule has 2 N–H and O–H groups in total. The van der Waals surface area contributed by atoms with Crippen LogP contribution >= 0.6 is 15.9 Å². The summed E-state index contributed by atoms with van der Waals surface area (Å²) >= 11 is 2.94. The van der Waals surface area contributed by atoms with Gasteiger partial charge in [0.1, 0.15) is 5.33 Å². The molecule has 0 saturated carbocycles. The number of carbonyl (C=O) groups excluding carboxylic acids is 2.